The third kappa shape index (κ3) is 1.89. The average Bonchev–Trinajstić information content (AvgIpc) is 2.80. The van der Waals surface area contributed by atoms with Gasteiger partial charge in [0, 0.05) is 30.4 Å². The summed E-state index contributed by atoms with van der Waals surface area (Å²) in [5, 5.41) is 0.660. The van der Waals surface area contributed by atoms with E-state index in [1.54, 1.807) is 0 Å². The van der Waals surface area contributed by atoms with Crippen LogP contribution in [0.25, 0.3) is 0 Å². The summed E-state index contributed by atoms with van der Waals surface area (Å²) in [4.78, 5) is 2.65. The molecule has 0 spiro atoms. The van der Waals surface area contributed by atoms with Gasteiger partial charge in [0.15, 0.2) is 0 Å². The SMILES string of the molecule is CC1SCCC1(CN)N1CCc2ccccc2C1. The number of thioether (sulfide) groups is 1. The molecule has 2 nitrogen and oxygen atoms in total. The lowest BCUT2D eigenvalue weighted by Crippen LogP contribution is -2.58. The minimum atomic E-state index is 0.234. The van der Waals surface area contributed by atoms with Crippen molar-refractivity contribution in [2.75, 3.05) is 18.8 Å². The van der Waals surface area contributed by atoms with E-state index in [0.29, 0.717) is 5.25 Å². The van der Waals surface area contributed by atoms with Crippen LogP contribution in [-0.2, 0) is 13.0 Å². The topological polar surface area (TPSA) is 29.3 Å². The monoisotopic (exact) mass is 262 g/mol. The first kappa shape index (κ1) is 12.5. The zero-order chi connectivity index (χ0) is 12.6. The predicted molar refractivity (Wildman–Crippen MR) is 78.9 cm³/mol. The molecule has 2 aliphatic rings. The molecule has 0 bridgehead atoms. The fraction of sp³-hybridized carbons (Fsp3) is 0.600. The maximum absolute atomic E-state index is 6.16. The molecule has 3 heteroatoms. The molecular formula is C15H22N2S. The molecule has 1 aromatic rings. The average molecular weight is 262 g/mol. The second kappa shape index (κ2) is 4.87. The first-order valence-electron chi connectivity index (χ1n) is 6.90. The van der Waals surface area contributed by atoms with Crippen LogP contribution >= 0.6 is 11.8 Å². The number of hydrogen-bond acceptors (Lipinski definition) is 3. The minimum Gasteiger partial charge on any atom is -0.329 e. The van der Waals surface area contributed by atoms with E-state index in [1.165, 1.54) is 36.3 Å². The van der Waals surface area contributed by atoms with E-state index in [0.717, 1.165) is 13.1 Å². The Morgan fingerprint density at radius 3 is 2.83 bits per heavy atom. The number of rotatable bonds is 2. The summed E-state index contributed by atoms with van der Waals surface area (Å²) in [6, 6.07) is 8.86. The van der Waals surface area contributed by atoms with Crippen LogP contribution in [0.15, 0.2) is 24.3 Å². The summed E-state index contributed by atoms with van der Waals surface area (Å²) >= 11 is 2.08. The van der Waals surface area contributed by atoms with E-state index >= 15 is 0 Å². The molecule has 0 aliphatic carbocycles. The molecule has 1 fully saturated rings. The summed E-state index contributed by atoms with van der Waals surface area (Å²) in [6.07, 6.45) is 2.42. The Balaban J connectivity index is 1.87. The van der Waals surface area contributed by atoms with Crippen molar-refractivity contribution in [3.63, 3.8) is 0 Å². The van der Waals surface area contributed by atoms with E-state index in [4.69, 9.17) is 5.73 Å². The first-order chi connectivity index (χ1) is 8.76. The van der Waals surface area contributed by atoms with Gasteiger partial charge >= 0.3 is 0 Å². The molecule has 1 saturated heterocycles. The van der Waals surface area contributed by atoms with Gasteiger partial charge in [0.2, 0.25) is 0 Å². The van der Waals surface area contributed by atoms with E-state index in [1.807, 2.05) is 0 Å². The van der Waals surface area contributed by atoms with Crippen LogP contribution in [0.2, 0.25) is 0 Å². The molecule has 2 N–H and O–H groups in total. The minimum absolute atomic E-state index is 0.234. The number of fused-ring (bicyclic) bond motifs is 1. The zero-order valence-corrected chi connectivity index (χ0v) is 11.9. The van der Waals surface area contributed by atoms with E-state index in [9.17, 15) is 0 Å². The lowest BCUT2D eigenvalue weighted by Gasteiger charge is -2.45. The van der Waals surface area contributed by atoms with E-state index < -0.39 is 0 Å². The molecular weight excluding hydrogens is 240 g/mol. The molecule has 3 rings (SSSR count). The van der Waals surface area contributed by atoms with Crippen molar-refractivity contribution in [3.05, 3.63) is 35.4 Å². The highest BCUT2D eigenvalue weighted by atomic mass is 32.2. The molecule has 0 amide bonds. The quantitative estimate of drug-likeness (QED) is 0.886. The predicted octanol–water partition coefficient (Wildman–Crippen LogP) is 2.27. The molecule has 0 radical (unpaired) electrons. The second-order valence-corrected chi connectivity index (χ2v) is 6.96. The van der Waals surface area contributed by atoms with Crippen molar-refractivity contribution >= 4 is 11.8 Å². The summed E-state index contributed by atoms with van der Waals surface area (Å²) in [7, 11) is 0. The van der Waals surface area contributed by atoms with Crippen LogP contribution in [-0.4, -0.2) is 34.5 Å². The van der Waals surface area contributed by atoms with Crippen molar-refractivity contribution in [2.24, 2.45) is 5.73 Å². The summed E-state index contributed by atoms with van der Waals surface area (Å²) in [5.74, 6) is 1.26. The van der Waals surface area contributed by atoms with Crippen molar-refractivity contribution in [2.45, 2.75) is 37.1 Å². The Morgan fingerprint density at radius 2 is 2.17 bits per heavy atom. The van der Waals surface area contributed by atoms with Crippen LogP contribution in [0.5, 0.6) is 0 Å². The fourth-order valence-electron chi connectivity index (χ4n) is 3.46. The van der Waals surface area contributed by atoms with Gasteiger partial charge in [-0.25, -0.2) is 0 Å². The summed E-state index contributed by atoms with van der Waals surface area (Å²) in [6.45, 7) is 5.39. The maximum Gasteiger partial charge on any atom is 0.0458 e. The van der Waals surface area contributed by atoms with Gasteiger partial charge in [0.05, 0.1) is 0 Å². The van der Waals surface area contributed by atoms with E-state index in [-0.39, 0.29) is 5.54 Å². The van der Waals surface area contributed by atoms with Crippen LogP contribution in [0.3, 0.4) is 0 Å². The summed E-state index contributed by atoms with van der Waals surface area (Å²) < 4.78 is 0. The number of nitrogens with zero attached hydrogens (tertiary/aromatic N) is 1. The number of nitrogens with two attached hydrogens (primary N) is 1. The molecule has 2 aliphatic heterocycles. The van der Waals surface area contributed by atoms with Gasteiger partial charge in [-0.15, -0.1) is 0 Å². The Labute approximate surface area is 114 Å². The second-order valence-electron chi connectivity index (χ2n) is 5.51. The van der Waals surface area contributed by atoms with E-state index in [2.05, 4.69) is 47.9 Å². The molecule has 98 valence electrons. The molecule has 0 saturated carbocycles. The zero-order valence-electron chi connectivity index (χ0n) is 11.1. The first-order valence-corrected chi connectivity index (χ1v) is 7.95. The van der Waals surface area contributed by atoms with Crippen molar-refractivity contribution in [1.29, 1.82) is 0 Å². The van der Waals surface area contributed by atoms with Crippen molar-refractivity contribution < 1.29 is 0 Å². The van der Waals surface area contributed by atoms with Gasteiger partial charge < -0.3 is 5.73 Å². The lowest BCUT2D eigenvalue weighted by atomic mass is 9.87. The Morgan fingerprint density at radius 1 is 1.39 bits per heavy atom. The maximum atomic E-state index is 6.16. The molecule has 2 heterocycles. The molecule has 0 aromatic heterocycles. The van der Waals surface area contributed by atoms with Crippen molar-refractivity contribution in [3.8, 4) is 0 Å². The fourth-order valence-corrected chi connectivity index (χ4v) is 4.96. The Kier molecular flexibility index (Phi) is 3.39. The van der Waals surface area contributed by atoms with Gasteiger partial charge in [-0.1, -0.05) is 31.2 Å². The van der Waals surface area contributed by atoms with Gasteiger partial charge in [0.1, 0.15) is 0 Å². The number of hydrogen-bond donors (Lipinski definition) is 1. The molecule has 2 atom stereocenters. The molecule has 18 heavy (non-hydrogen) atoms. The molecule has 1 aromatic carbocycles. The van der Waals surface area contributed by atoms with Crippen LogP contribution in [0.4, 0.5) is 0 Å². The normalized spacial score (nSPS) is 32.4. The van der Waals surface area contributed by atoms with Gasteiger partial charge in [-0.3, -0.25) is 4.90 Å². The lowest BCUT2D eigenvalue weighted by molar-refractivity contribution is 0.0828. The Bertz CT molecular complexity index is 434. The van der Waals surface area contributed by atoms with Crippen LogP contribution in [0, 0.1) is 0 Å². The largest absolute Gasteiger partial charge is 0.329 e. The van der Waals surface area contributed by atoms with Crippen LogP contribution in [0.1, 0.15) is 24.5 Å². The third-order valence-corrected chi connectivity index (χ3v) is 6.15. The smallest absolute Gasteiger partial charge is 0.0458 e. The standard InChI is InChI=1S/C15H22N2S/c1-12-15(11-16,7-9-18-12)17-8-6-13-4-2-3-5-14(13)10-17/h2-5,12H,6-11,16H2,1H3. The van der Waals surface area contributed by atoms with Gasteiger partial charge in [0.25, 0.3) is 0 Å². The summed E-state index contributed by atoms with van der Waals surface area (Å²) in [5.41, 5.74) is 9.42. The van der Waals surface area contributed by atoms with Crippen molar-refractivity contribution in [1.82, 2.24) is 4.90 Å². The van der Waals surface area contributed by atoms with Crippen LogP contribution < -0.4 is 5.73 Å². The number of benzene rings is 1. The molecule has 2 unspecified atom stereocenters. The highest BCUT2D eigenvalue weighted by Crippen LogP contribution is 2.41. The third-order valence-electron chi connectivity index (χ3n) is 4.77. The Hall–Kier alpha value is -0.510. The van der Waals surface area contributed by atoms with Gasteiger partial charge in [-0.2, -0.15) is 11.8 Å². The highest BCUT2D eigenvalue weighted by Gasteiger charge is 2.45. The highest BCUT2D eigenvalue weighted by molar-refractivity contribution is 8.00. The van der Waals surface area contributed by atoms with Gasteiger partial charge in [-0.05, 0) is 29.7 Å².